The third-order valence-corrected chi connectivity index (χ3v) is 3.08. The van der Waals surface area contributed by atoms with Crippen molar-refractivity contribution in [1.82, 2.24) is 0 Å². The van der Waals surface area contributed by atoms with Crippen LogP contribution >= 0.6 is 0 Å². The van der Waals surface area contributed by atoms with E-state index in [0.29, 0.717) is 17.9 Å². The summed E-state index contributed by atoms with van der Waals surface area (Å²) in [4.78, 5) is 12.2. The van der Waals surface area contributed by atoms with Crippen LogP contribution in [0.15, 0.2) is 36.4 Å². The molecule has 0 unspecified atom stereocenters. The zero-order valence-electron chi connectivity index (χ0n) is 12.3. The number of aryl methyl sites for hydroxylation is 1. The van der Waals surface area contributed by atoms with Gasteiger partial charge < -0.3 is 10.1 Å². The van der Waals surface area contributed by atoms with Gasteiger partial charge in [0.1, 0.15) is 17.6 Å². The Morgan fingerprint density at radius 3 is 2.73 bits per heavy atom. The quantitative estimate of drug-likeness (QED) is 0.937. The lowest BCUT2D eigenvalue weighted by atomic mass is 10.1. The first-order chi connectivity index (χ1) is 10.5. The van der Waals surface area contributed by atoms with Gasteiger partial charge in [0.15, 0.2) is 0 Å². The minimum Gasteiger partial charge on any atom is -0.494 e. The molecule has 5 heteroatoms. The summed E-state index contributed by atoms with van der Waals surface area (Å²) in [5.41, 5.74) is 1.57. The van der Waals surface area contributed by atoms with Gasteiger partial charge in [-0.1, -0.05) is 0 Å². The van der Waals surface area contributed by atoms with E-state index in [0.717, 1.165) is 17.4 Å². The van der Waals surface area contributed by atoms with Crippen molar-refractivity contribution < 1.29 is 13.9 Å². The van der Waals surface area contributed by atoms with Gasteiger partial charge in [0.2, 0.25) is 0 Å². The molecule has 0 spiro atoms. The fraction of sp³-hybridized carbons (Fsp3) is 0.176. The van der Waals surface area contributed by atoms with Gasteiger partial charge in [-0.05, 0) is 55.8 Å². The van der Waals surface area contributed by atoms with Crippen LogP contribution in [0.2, 0.25) is 0 Å². The smallest absolute Gasteiger partial charge is 0.255 e. The molecule has 0 aliphatic carbocycles. The maximum atomic E-state index is 13.3. The maximum absolute atomic E-state index is 13.3. The fourth-order valence-corrected chi connectivity index (χ4v) is 2.00. The SMILES string of the molecule is CCOc1ccc(C(=O)Nc2ccc(F)c(C#N)c2)cc1C. The van der Waals surface area contributed by atoms with Crippen molar-refractivity contribution in [2.45, 2.75) is 13.8 Å². The monoisotopic (exact) mass is 298 g/mol. The second-order valence-electron chi connectivity index (χ2n) is 4.67. The molecule has 1 N–H and O–H groups in total. The molecule has 0 saturated heterocycles. The number of amides is 1. The zero-order chi connectivity index (χ0) is 16.1. The molecular weight excluding hydrogens is 283 g/mol. The number of carbonyl (C=O) groups excluding carboxylic acids is 1. The lowest BCUT2D eigenvalue weighted by molar-refractivity contribution is 0.102. The third-order valence-electron chi connectivity index (χ3n) is 3.08. The molecule has 112 valence electrons. The Balaban J connectivity index is 2.19. The standard InChI is InChI=1S/C17H15FN2O2/c1-3-22-16-7-4-12(8-11(16)2)17(21)20-14-5-6-15(18)13(9-14)10-19/h4-9H,3H2,1-2H3,(H,20,21). The van der Waals surface area contributed by atoms with Crippen molar-refractivity contribution in [2.24, 2.45) is 0 Å². The minimum absolute atomic E-state index is 0.110. The van der Waals surface area contributed by atoms with Crippen LogP contribution in [0.1, 0.15) is 28.4 Å². The van der Waals surface area contributed by atoms with Gasteiger partial charge in [-0.15, -0.1) is 0 Å². The second kappa shape index (κ2) is 6.72. The number of hydrogen-bond acceptors (Lipinski definition) is 3. The predicted octanol–water partition coefficient (Wildman–Crippen LogP) is 3.66. The van der Waals surface area contributed by atoms with Crippen molar-refractivity contribution in [1.29, 1.82) is 5.26 Å². The van der Waals surface area contributed by atoms with Crippen molar-refractivity contribution in [3.63, 3.8) is 0 Å². The Morgan fingerprint density at radius 2 is 2.09 bits per heavy atom. The maximum Gasteiger partial charge on any atom is 0.255 e. The van der Waals surface area contributed by atoms with Crippen LogP contribution < -0.4 is 10.1 Å². The summed E-state index contributed by atoms with van der Waals surface area (Å²) < 4.78 is 18.7. The van der Waals surface area contributed by atoms with E-state index >= 15 is 0 Å². The topological polar surface area (TPSA) is 62.1 Å². The number of halogens is 1. The number of nitriles is 1. The highest BCUT2D eigenvalue weighted by atomic mass is 19.1. The minimum atomic E-state index is -0.614. The van der Waals surface area contributed by atoms with Crippen LogP contribution in [-0.4, -0.2) is 12.5 Å². The fourth-order valence-electron chi connectivity index (χ4n) is 2.00. The molecule has 2 aromatic carbocycles. The molecule has 0 radical (unpaired) electrons. The van der Waals surface area contributed by atoms with Gasteiger partial charge in [-0.2, -0.15) is 5.26 Å². The van der Waals surface area contributed by atoms with Gasteiger partial charge in [0.25, 0.3) is 5.91 Å². The molecule has 0 aliphatic heterocycles. The van der Waals surface area contributed by atoms with Gasteiger partial charge >= 0.3 is 0 Å². The van der Waals surface area contributed by atoms with Gasteiger partial charge in [-0.3, -0.25) is 4.79 Å². The molecule has 4 nitrogen and oxygen atoms in total. The van der Waals surface area contributed by atoms with E-state index in [9.17, 15) is 9.18 Å². The molecule has 2 rings (SSSR count). The Hall–Kier alpha value is -2.87. The van der Waals surface area contributed by atoms with E-state index in [1.807, 2.05) is 13.8 Å². The summed E-state index contributed by atoms with van der Waals surface area (Å²) in [6, 6.07) is 10.7. The number of nitrogens with zero attached hydrogens (tertiary/aromatic N) is 1. The average molecular weight is 298 g/mol. The number of hydrogen-bond donors (Lipinski definition) is 1. The molecule has 0 aromatic heterocycles. The second-order valence-corrected chi connectivity index (χ2v) is 4.67. The van der Waals surface area contributed by atoms with Crippen LogP contribution in [0.25, 0.3) is 0 Å². The molecule has 0 heterocycles. The normalized spacial score (nSPS) is 9.91. The summed E-state index contributed by atoms with van der Waals surface area (Å²) in [5.74, 6) is -0.216. The van der Waals surface area contributed by atoms with E-state index in [4.69, 9.17) is 10.00 Å². The average Bonchev–Trinajstić information content (AvgIpc) is 2.51. The van der Waals surface area contributed by atoms with Gasteiger partial charge in [-0.25, -0.2) is 4.39 Å². The number of ether oxygens (including phenoxy) is 1. The Bertz CT molecular complexity index is 751. The number of carbonyl (C=O) groups is 1. The van der Waals surface area contributed by atoms with E-state index in [2.05, 4.69) is 5.32 Å². The number of nitrogens with one attached hydrogen (secondary N) is 1. The third kappa shape index (κ3) is 3.41. The van der Waals surface area contributed by atoms with E-state index in [1.165, 1.54) is 12.1 Å². The molecule has 22 heavy (non-hydrogen) atoms. The van der Waals surface area contributed by atoms with Gasteiger partial charge in [0, 0.05) is 11.3 Å². The zero-order valence-corrected chi connectivity index (χ0v) is 12.3. The first kappa shape index (κ1) is 15.5. The molecule has 2 aromatic rings. The lowest BCUT2D eigenvalue weighted by Crippen LogP contribution is -2.12. The van der Waals surface area contributed by atoms with Crippen molar-refractivity contribution in [3.05, 3.63) is 58.9 Å². The molecule has 0 saturated carbocycles. The largest absolute Gasteiger partial charge is 0.494 e. The van der Waals surface area contributed by atoms with Crippen LogP contribution in [0.4, 0.5) is 10.1 Å². The highest BCUT2D eigenvalue weighted by molar-refractivity contribution is 6.04. The highest BCUT2D eigenvalue weighted by Crippen LogP contribution is 2.20. The van der Waals surface area contributed by atoms with Crippen molar-refractivity contribution in [2.75, 3.05) is 11.9 Å². The first-order valence-electron chi connectivity index (χ1n) is 6.79. The number of anilines is 1. The van der Waals surface area contributed by atoms with Gasteiger partial charge in [0.05, 0.1) is 12.2 Å². The summed E-state index contributed by atoms with van der Waals surface area (Å²) in [6.07, 6.45) is 0. The van der Waals surface area contributed by atoms with Crippen LogP contribution in [-0.2, 0) is 0 Å². The molecule has 0 aliphatic rings. The van der Waals surface area contributed by atoms with Crippen molar-refractivity contribution >= 4 is 11.6 Å². The number of rotatable bonds is 4. The Morgan fingerprint density at radius 1 is 1.32 bits per heavy atom. The predicted molar refractivity (Wildman–Crippen MR) is 81.4 cm³/mol. The molecular formula is C17H15FN2O2. The van der Waals surface area contributed by atoms with Crippen LogP contribution in [0.3, 0.4) is 0 Å². The van der Waals surface area contributed by atoms with Crippen LogP contribution in [0.5, 0.6) is 5.75 Å². The summed E-state index contributed by atoms with van der Waals surface area (Å²) >= 11 is 0. The van der Waals surface area contributed by atoms with Crippen LogP contribution in [0, 0.1) is 24.1 Å². The first-order valence-corrected chi connectivity index (χ1v) is 6.79. The highest BCUT2D eigenvalue weighted by Gasteiger charge is 2.10. The molecule has 1 amide bonds. The molecule has 0 fully saturated rings. The molecule has 0 bridgehead atoms. The number of benzene rings is 2. The Labute approximate surface area is 128 Å². The van der Waals surface area contributed by atoms with E-state index in [-0.39, 0.29) is 11.5 Å². The Kier molecular flexibility index (Phi) is 4.74. The summed E-state index contributed by atoms with van der Waals surface area (Å²) in [7, 11) is 0. The van der Waals surface area contributed by atoms with E-state index < -0.39 is 5.82 Å². The molecule has 0 atom stereocenters. The van der Waals surface area contributed by atoms with Crippen molar-refractivity contribution in [3.8, 4) is 11.8 Å². The summed E-state index contributed by atoms with van der Waals surface area (Å²) in [5, 5.41) is 11.4. The lowest BCUT2D eigenvalue weighted by Gasteiger charge is -2.10. The summed E-state index contributed by atoms with van der Waals surface area (Å²) in [6.45, 7) is 4.30. The van der Waals surface area contributed by atoms with E-state index in [1.54, 1.807) is 24.3 Å².